The lowest BCUT2D eigenvalue weighted by Crippen LogP contribution is -2.51. The summed E-state index contributed by atoms with van der Waals surface area (Å²) in [5.74, 6) is 0.0462. The number of nitrogens with one attached hydrogen (secondary N) is 1. The lowest BCUT2D eigenvalue weighted by atomic mass is 9.99. The Labute approximate surface area is 213 Å². The fourth-order valence-corrected chi connectivity index (χ4v) is 6.25. The topological polar surface area (TPSA) is 114 Å². The van der Waals surface area contributed by atoms with E-state index < -0.39 is 22.2 Å². The first kappa shape index (κ1) is 26.5. The summed E-state index contributed by atoms with van der Waals surface area (Å²) >= 11 is 0. The maximum atomic E-state index is 13.5. The molecule has 2 heterocycles. The molecule has 196 valence electrons. The maximum Gasteiger partial charge on any atom is 0.262 e. The molecule has 9 nitrogen and oxygen atoms in total. The van der Waals surface area contributed by atoms with Gasteiger partial charge in [-0.25, -0.2) is 13.4 Å². The van der Waals surface area contributed by atoms with Gasteiger partial charge in [-0.2, -0.15) is 4.31 Å². The summed E-state index contributed by atoms with van der Waals surface area (Å²) in [7, 11) is -2.27. The second kappa shape index (κ2) is 12.1. The SMILES string of the molecule is Cn1cnc(S(=O)(=O)N(CC2CCCO2)CC(O)C(Cc2ccccc2)NC(=O)C[C@H]2C=CCC2)c1. The third kappa shape index (κ3) is 7.03. The van der Waals surface area contributed by atoms with Gasteiger partial charge in [0.1, 0.15) is 0 Å². The van der Waals surface area contributed by atoms with E-state index in [2.05, 4.69) is 22.5 Å². The molecule has 10 heteroatoms. The highest BCUT2D eigenvalue weighted by molar-refractivity contribution is 7.89. The normalized spacial score (nSPS) is 21.6. The first-order chi connectivity index (χ1) is 17.3. The Balaban J connectivity index is 1.53. The molecule has 0 saturated carbocycles. The van der Waals surface area contributed by atoms with E-state index >= 15 is 0 Å². The van der Waals surface area contributed by atoms with Crippen molar-refractivity contribution >= 4 is 15.9 Å². The summed E-state index contributed by atoms with van der Waals surface area (Å²) in [5, 5.41) is 14.3. The third-order valence-electron chi connectivity index (χ3n) is 6.78. The van der Waals surface area contributed by atoms with Crippen LogP contribution in [0.4, 0.5) is 0 Å². The van der Waals surface area contributed by atoms with Crippen molar-refractivity contribution in [1.29, 1.82) is 0 Å². The predicted octanol–water partition coefficient (Wildman–Crippen LogP) is 2.03. The zero-order valence-corrected chi connectivity index (χ0v) is 21.5. The minimum absolute atomic E-state index is 0.0770. The molecule has 2 N–H and O–H groups in total. The number of aliphatic hydroxyl groups is 1. The molecule has 36 heavy (non-hydrogen) atoms. The van der Waals surface area contributed by atoms with Crippen LogP contribution in [0, 0.1) is 5.92 Å². The fourth-order valence-electron chi connectivity index (χ4n) is 4.80. The molecule has 1 aromatic heterocycles. The molecule has 1 aromatic carbocycles. The van der Waals surface area contributed by atoms with Crippen LogP contribution in [0.25, 0.3) is 0 Å². The van der Waals surface area contributed by atoms with Crippen molar-refractivity contribution in [3.63, 3.8) is 0 Å². The van der Waals surface area contributed by atoms with Crippen molar-refractivity contribution in [1.82, 2.24) is 19.2 Å². The molecule has 1 aliphatic carbocycles. The summed E-state index contributed by atoms with van der Waals surface area (Å²) in [6, 6.07) is 8.91. The monoisotopic (exact) mass is 516 g/mol. The van der Waals surface area contributed by atoms with Crippen molar-refractivity contribution < 1.29 is 23.1 Å². The van der Waals surface area contributed by atoms with Gasteiger partial charge in [-0.3, -0.25) is 4.79 Å². The van der Waals surface area contributed by atoms with Gasteiger partial charge in [0.2, 0.25) is 5.91 Å². The third-order valence-corrected chi connectivity index (χ3v) is 8.49. The Bertz CT molecular complexity index is 1130. The van der Waals surface area contributed by atoms with E-state index in [-0.39, 0.29) is 36.0 Å². The van der Waals surface area contributed by atoms with Crippen LogP contribution in [0.3, 0.4) is 0 Å². The van der Waals surface area contributed by atoms with Crippen molar-refractivity contribution in [2.45, 2.75) is 61.8 Å². The van der Waals surface area contributed by atoms with E-state index in [4.69, 9.17) is 4.74 Å². The molecule has 1 fully saturated rings. The van der Waals surface area contributed by atoms with Gasteiger partial charge < -0.3 is 19.7 Å². The smallest absolute Gasteiger partial charge is 0.262 e. The number of aliphatic hydroxyl groups excluding tert-OH is 1. The van der Waals surface area contributed by atoms with Crippen LogP contribution in [-0.2, 0) is 33.0 Å². The molecular weight excluding hydrogens is 480 g/mol. The second-order valence-electron chi connectivity index (χ2n) is 9.74. The number of sulfonamides is 1. The Morgan fingerprint density at radius 2 is 2.11 bits per heavy atom. The highest BCUT2D eigenvalue weighted by Gasteiger charge is 2.34. The summed E-state index contributed by atoms with van der Waals surface area (Å²) in [6.45, 7) is 0.529. The van der Waals surface area contributed by atoms with E-state index in [9.17, 15) is 18.3 Å². The number of hydrogen-bond donors (Lipinski definition) is 2. The standard InChI is InChI=1S/C26H36N4O5S/c1-29-18-26(27-19-29)36(33,34)30(16-22-12-7-13-35-22)17-24(31)23(14-20-8-3-2-4-9-20)28-25(32)15-21-10-5-6-11-21/h2-5,8-10,18-19,21-24,31H,6-7,11-17H2,1H3,(H,28,32)/t21-,22?,23?,24?/m0/s1. The number of amides is 1. The number of carbonyl (C=O) groups is 1. The zero-order valence-electron chi connectivity index (χ0n) is 20.7. The highest BCUT2D eigenvalue weighted by atomic mass is 32.2. The van der Waals surface area contributed by atoms with Gasteiger partial charge in [0.05, 0.1) is 24.6 Å². The quantitative estimate of drug-likeness (QED) is 0.418. The van der Waals surface area contributed by atoms with E-state index in [0.717, 1.165) is 31.2 Å². The zero-order chi connectivity index (χ0) is 25.5. The van der Waals surface area contributed by atoms with Gasteiger partial charge in [0.25, 0.3) is 10.0 Å². The average Bonchev–Trinajstić information content (AvgIpc) is 3.63. The van der Waals surface area contributed by atoms with Crippen LogP contribution in [-0.4, -0.2) is 71.2 Å². The molecule has 3 unspecified atom stereocenters. The second-order valence-corrected chi connectivity index (χ2v) is 11.6. The Kier molecular flexibility index (Phi) is 8.95. The number of aryl methyl sites for hydroxylation is 1. The highest BCUT2D eigenvalue weighted by Crippen LogP contribution is 2.22. The summed E-state index contributed by atoms with van der Waals surface area (Å²) in [4.78, 5) is 16.9. The van der Waals surface area contributed by atoms with E-state index in [0.29, 0.717) is 19.4 Å². The number of hydrogen-bond acceptors (Lipinski definition) is 6. The summed E-state index contributed by atoms with van der Waals surface area (Å²) in [5.41, 5.74) is 0.945. The molecule has 2 aromatic rings. The summed E-state index contributed by atoms with van der Waals surface area (Å²) in [6.07, 6.45) is 9.91. The van der Waals surface area contributed by atoms with Crippen LogP contribution < -0.4 is 5.32 Å². The molecule has 2 aliphatic rings. The van der Waals surface area contributed by atoms with Gasteiger partial charge in [0.15, 0.2) is 5.03 Å². The van der Waals surface area contributed by atoms with Crippen LogP contribution in [0.1, 0.15) is 37.7 Å². The Morgan fingerprint density at radius 3 is 2.75 bits per heavy atom. The molecule has 1 saturated heterocycles. The molecule has 1 aliphatic heterocycles. The van der Waals surface area contributed by atoms with Gasteiger partial charge in [-0.1, -0.05) is 42.5 Å². The number of nitrogens with zero attached hydrogens (tertiary/aromatic N) is 3. The van der Waals surface area contributed by atoms with Gasteiger partial charge in [-0.05, 0) is 43.6 Å². The number of allylic oxidation sites excluding steroid dienone is 2. The Hall–Kier alpha value is -2.53. The van der Waals surface area contributed by atoms with Gasteiger partial charge >= 0.3 is 0 Å². The van der Waals surface area contributed by atoms with Gasteiger partial charge in [-0.15, -0.1) is 0 Å². The number of imidazole rings is 1. The Morgan fingerprint density at radius 1 is 1.31 bits per heavy atom. The molecule has 0 spiro atoms. The van der Waals surface area contributed by atoms with E-state index in [1.807, 2.05) is 30.3 Å². The van der Waals surface area contributed by atoms with E-state index in [1.165, 1.54) is 16.8 Å². The first-order valence-electron chi connectivity index (χ1n) is 12.6. The minimum atomic E-state index is -3.98. The molecule has 1 amide bonds. The number of carbonyl (C=O) groups excluding carboxylic acids is 1. The number of rotatable bonds is 12. The fraction of sp³-hybridized carbons (Fsp3) is 0.538. The lowest BCUT2D eigenvalue weighted by Gasteiger charge is -2.30. The number of benzene rings is 1. The van der Waals surface area contributed by atoms with Crippen LogP contribution in [0.2, 0.25) is 0 Å². The minimum Gasteiger partial charge on any atom is -0.390 e. The van der Waals surface area contributed by atoms with Crippen molar-refractivity contribution in [2.24, 2.45) is 13.0 Å². The van der Waals surface area contributed by atoms with Crippen LogP contribution >= 0.6 is 0 Å². The molecule has 4 atom stereocenters. The van der Waals surface area contributed by atoms with E-state index in [1.54, 1.807) is 11.6 Å². The number of aromatic nitrogens is 2. The van der Waals surface area contributed by atoms with Crippen LogP contribution in [0.15, 0.2) is 60.0 Å². The largest absolute Gasteiger partial charge is 0.390 e. The molecule has 0 bridgehead atoms. The first-order valence-corrected chi connectivity index (χ1v) is 14.0. The van der Waals surface area contributed by atoms with Gasteiger partial charge in [0, 0.05) is 39.4 Å². The predicted molar refractivity (Wildman–Crippen MR) is 136 cm³/mol. The van der Waals surface area contributed by atoms with Crippen molar-refractivity contribution in [2.75, 3.05) is 19.7 Å². The molecule has 0 radical (unpaired) electrons. The summed E-state index contributed by atoms with van der Waals surface area (Å²) < 4.78 is 35.5. The molecular formula is C26H36N4O5S. The van der Waals surface area contributed by atoms with Crippen LogP contribution in [0.5, 0.6) is 0 Å². The lowest BCUT2D eigenvalue weighted by molar-refractivity contribution is -0.123. The average molecular weight is 517 g/mol. The number of ether oxygens (including phenoxy) is 1. The van der Waals surface area contributed by atoms with Crippen molar-refractivity contribution in [3.8, 4) is 0 Å². The van der Waals surface area contributed by atoms with Crippen molar-refractivity contribution in [3.05, 3.63) is 60.6 Å². The molecule has 4 rings (SSSR count). The maximum absolute atomic E-state index is 13.5.